The smallest absolute Gasteiger partial charge is 0.338 e. The average Bonchev–Trinajstić information content (AvgIpc) is 2.92. The van der Waals surface area contributed by atoms with Crippen LogP contribution in [-0.4, -0.2) is 42.6 Å². The van der Waals surface area contributed by atoms with Crippen molar-refractivity contribution in [2.45, 2.75) is 13.0 Å². The number of nitrogens with zero attached hydrogens (tertiary/aromatic N) is 4. The minimum absolute atomic E-state index is 0.162. The molecule has 1 amide bonds. The molecule has 0 bridgehead atoms. The maximum Gasteiger partial charge on any atom is 0.338 e. The van der Waals surface area contributed by atoms with E-state index in [2.05, 4.69) is 30.9 Å². The third-order valence-electron chi connectivity index (χ3n) is 2.35. The molecule has 2 aromatic rings. The Hall–Kier alpha value is -2.84. The van der Waals surface area contributed by atoms with Crippen LogP contribution in [0.1, 0.15) is 39.6 Å². The summed E-state index contributed by atoms with van der Waals surface area (Å²) in [5.41, 5.74) is -0.328. The van der Waals surface area contributed by atoms with Gasteiger partial charge < -0.3 is 10.4 Å². The van der Waals surface area contributed by atoms with Gasteiger partial charge >= 0.3 is 5.97 Å². The number of carboxylic acid groups (broad SMARTS) is 1. The fourth-order valence-corrected chi connectivity index (χ4v) is 1.44. The summed E-state index contributed by atoms with van der Waals surface area (Å²) >= 11 is 0. The lowest BCUT2D eigenvalue weighted by molar-refractivity contribution is 0.0689. The van der Waals surface area contributed by atoms with Crippen molar-refractivity contribution in [1.29, 1.82) is 0 Å². The summed E-state index contributed by atoms with van der Waals surface area (Å²) < 4.78 is 0. The van der Waals surface area contributed by atoms with Crippen molar-refractivity contribution in [1.82, 2.24) is 30.9 Å². The van der Waals surface area contributed by atoms with Crippen LogP contribution in [0.15, 0.2) is 18.3 Å². The molecule has 0 spiro atoms. The lowest BCUT2D eigenvalue weighted by atomic mass is 10.1. The first-order valence-electron chi connectivity index (χ1n) is 5.32. The fourth-order valence-electron chi connectivity index (χ4n) is 1.44. The number of rotatable bonds is 4. The molecular weight excluding hydrogens is 252 g/mol. The third kappa shape index (κ3) is 2.70. The average molecular weight is 262 g/mol. The number of aromatic nitrogens is 5. The van der Waals surface area contributed by atoms with E-state index in [1.165, 1.54) is 18.3 Å². The van der Waals surface area contributed by atoms with E-state index in [0.29, 0.717) is 5.82 Å². The number of hydrogen-bond donors (Lipinski definition) is 3. The quantitative estimate of drug-likeness (QED) is 0.693. The van der Waals surface area contributed by atoms with Gasteiger partial charge in [0.1, 0.15) is 5.69 Å². The van der Waals surface area contributed by atoms with E-state index in [0.717, 1.165) is 0 Å². The number of H-pyrrole nitrogens is 1. The van der Waals surface area contributed by atoms with Crippen molar-refractivity contribution in [2.75, 3.05) is 0 Å². The number of amides is 1. The molecule has 0 saturated carbocycles. The Balaban J connectivity index is 2.19. The molecule has 2 heterocycles. The highest BCUT2D eigenvalue weighted by molar-refractivity contribution is 6.03. The maximum atomic E-state index is 12.0. The SMILES string of the molecule is CC(NC(=O)c1ncccc1C(=O)O)c1nn[nH]n1. The Morgan fingerprint density at radius 2 is 2.26 bits per heavy atom. The number of aromatic amines is 1. The zero-order valence-electron chi connectivity index (χ0n) is 9.86. The van der Waals surface area contributed by atoms with Crippen LogP contribution in [0.25, 0.3) is 0 Å². The second-order valence-corrected chi connectivity index (χ2v) is 3.67. The molecule has 0 aliphatic heterocycles. The van der Waals surface area contributed by atoms with Crippen molar-refractivity contribution in [3.8, 4) is 0 Å². The van der Waals surface area contributed by atoms with E-state index in [9.17, 15) is 9.59 Å². The third-order valence-corrected chi connectivity index (χ3v) is 2.35. The molecular formula is C10H10N6O3. The van der Waals surface area contributed by atoms with E-state index in [1.54, 1.807) is 6.92 Å². The van der Waals surface area contributed by atoms with Crippen LogP contribution in [-0.2, 0) is 0 Å². The number of aromatic carboxylic acids is 1. The maximum absolute atomic E-state index is 12.0. The molecule has 9 heteroatoms. The summed E-state index contributed by atoms with van der Waals surface area (Å²) in [6.45, 7) is 1.64. The lowest BCUT2D eigenvalue weighted by Gasteiger charge is -2.10. The molecule has 0 aromatic carbocycles. The summed E-state index contributed by atoms with van der Waals surface area (Å²) in [6.07, 6.45) is 1.35. The van der Waals surface area contributed by atoms with Gasteiger partial charge in [0.2, 0.25) is 0 Å². The monoisotopic (exact) mass is 262 g/mol. The van der Waals surface area contributed by atoms with Crippen molar-refractivity contribution in [3.63, 3.8) is 0 Å². The molecule has 1 unspecified atom stereocenters. The molecule has 0 radical (unpaired) electrons. The van der Waals surface area contributed by atoms with Crippen LogP contribution in [0.2, 0.25) is 0 Å². The van der Waals surface area contributed by atoms with Gasteiger partial charge in [0.05, 0.1) is 11.6 Å². The number of hydrogen-bond acceptors (Lipinski definition) is 6. The summed E-state index contributed by atoms with van der Waals surface area (Å²) in [7, 11) is 0. The van der Waals surface area contributed by atoms with E-state index < -0.39 is 17.9 Å². The number of carboxylic acids is 1. The molecule has 3 N–H and O–H groups in total. The Bertz CT molecular complexity index is 597. The summed E-state index contributed by atoms with van der Waals surface area (Å²) in [5, 5.41) is 24.6. The predicted molar refractivity (Wildman–Crippen MR) is 61.3 cm³/mol. The van der Waals surface area contributed by atoms with Gasteiger partial charge in [-0.3, -0.25) is 9.78 Å². The Morgan fingerprint density at radius 1 is 1.47 bits per heavy atom. The number of nitrogens with one attached hydrogen (secondary N) is 2. The van der Waals surface area contributed by atoms with Crippen molar-refractivity contribution >= 4 is 11.9 Å². The summed E-state index contributed by atoms with van der Waals surface area (Å²) in [4.78, 5) is 26.7. The molecule has 0 aliphatic rings. The van der Waals surface area contributed by atoms with Crippen molar-refractivity contribution in [3.05, 3.63) is 35.4 Å². The molecule has 0 aliphatic carbocycles. The zero-order chi connectivity index (χ0) is 13.8. The van der Waals surface area contributed by atoms with Gasteiger partial charge in [-0.1, -0.05) is 5.21 Å². The van der Waals surface area contributed by atoms with Crippen LogP contribution in [0, 0.1) is 0 Å². The molecule has 1 atom stereocenters. The molecule has 98 valence electrons. The largest absolute Gasteiger partial charge is 0.478 e. The topological polar surface area (TPSA) is 134 Å². The van der Waals surface area contributed by atoms with Crippen LogP contribution in [0.3, 0.4) is 0 Å². The zero-order valence-corrected chi connectivity index (χ0v) is 9.86. The van der Waals surface area contributed by atoms with Gasteiger partial charge in [0.15, 0.2) is 5.82 Å². The summed E-state index contributed by atoms with van der Waals surface area (Å²) in [6, 6.07) is 2.24. The van der Waals surface area contributed by atoms with Gasteiger partial charge in [0, 0.05) is 6.20 Å². The van der Waals surface area contributed by atoms with Crippen LogP contribution >= 0.6 is 0 Å². The highest BCUT2D eigenvalue weighted by atomic mass is 16.4. The first-order chi connectivity index (χ1) is 9.09. The standard InChI is InChI=1S/C10H10N6O3/c1-5(8-13-15-16-14-8)12-9(17)7-6(10(18)19)3-2-4-11-7/h2-5H,1H3,(H,12,17)(H,18,19)(H,13,14,15,16). The molecule has 2 rings (SSSR count). The number of carbonyl (C=O) groups is 2. The fraction of sp³-hybridized carbons (Fsp3) is 0.200. The normalized spacial score (nSPS) is 11.8. The van der Waals surface area contributed by atoms with Gasteiger partial charge in [-0.15, -0.1) is 10.2 Å². The van der Waals surface area contributed by atoms with E-state index in [4.69, 9.17) is 5.11 Å². The molecule has 0 saturated heterocycles. The first-order valence-corrected chi connectivity index (χ1v) is 5.32. The van der Waals surface area contributed by atoms with E-state index in [1.807, 2.05) is 0 Å². The van der Waals surface area contributed by atoms with Crippen molar-refractivity contribution < 1.29 is 14.7 Å². The van der Waals surface area contributed by atoms with Gasteiger partial charge in [-0.2, -0.15) is 5.21 Å². The Labute approximate surface area is 107 Å². The first kappa shape index (κ1) is 12.6. The summed E-state index contributed by atoms with van der Waals surface area (Å²) in [5.74, 6) is -1.54. The van der Waals surface area contributed by atoms with Crippen LogP contribution in [0.4, 0.5) is 0 Å². The van der Waals surface area contributed by atoms with E-state index in [-0.39, 0.29) is 11.3 Å². The molecule has 2 aromatic heterocycles. The van der Waals surface area contributed by atoms with Crippen LogP contribution in [0.5, 0.6) is 0 Å². The highest BCUT2D eigenvalue weighted by Crippen LogP contribution is 2.09. The molecule has 9 nitrogen and oxygen atoms in total. The molecule has 0 fully saturated rings. The van der Waals surface area contributed by atoms with Crippen LogP contribution < -0.4 is 5.32 Å². The van der Waals surface area contributed by atoms with Gasteiger partial charge in [-0.25, -0.2) is 4.79 Å². The minimum atomic E-state index is -1.22. The van der Waals surface area contributed by atoms with Gasteiger partial charge in [-0.05, 0) is 19.1 Å². The second-order valence-electron chi connectivity index (χ2n) is 3.67. The Morgan fingerprint density at radius 3 is 2.89 bits per heavy atom. The lowest BCUT2D eigenvalue weighted by Crippen LogP contribution is -2.29. The highest BCUT2D eigenvalue weighted by Gasteiger charge is 2.20. The number of pyridine rings is 1. The second kappa shape index (κ2) is 5.21. The Kier molecular flexibility index (Phi) is 3.46. The number of tetrazole rings is 1. The predicted octanol–water partition coefficient (Wildman–Crippen LogP) is -0.216. The molecule has 19 heavy (non-hydrogen) atoms. The van der Waals surface area contributed by atoms with E-state index >= 15 is 0 Å². The minimum Gasteiger partial charge on any atom is -0.478 e. The van der Waals surface area contributed by atoms with Gasteiger partial charge in [0.25, 0.3) is 5.91 Å². The number of carbonyl (C=O) groups excluding carboxylic acids is 1. The van der Waals surface area contributed by atoms with Crippen molar-refractivity contribution in [2.24, 2.45) is 0 Å².